The van der Waals surface area contributed by atoms with Crippen LogP contribution in [0.5, 0.6) is 0 Å². The fraction of sp³-hybridized carbons (Fsp3) is 0.583. The highest BCUT2D eigenvalue weighted by Gasteiger charge is 2.15. The molecular formula is C12H20N2O4. The van der Waals surface area contributed by atoms with Gasteiger partial charge >= 0.3 is 5.97 Å². The van der Waals surface area contributed by atoms with E-state index in [2.05, 4.69) is 15.3 Å². The van der Waals surface area contributed by atoms with Gasteiger partial charge in [-0.25, -0.2) is 0 Å². The molecule has 1 N–H and O–H groups in total. The van der Waals surface area contributed by atoms with Crippen LogP contribution in [0.25, 0.3) is 0 Å². The van der Waals surface area contributed by atoms with Gasteiger partial charge in [-0.1, -0.05) is 19.0 Å². The highest BCUT2D eigenvalue weighted by molar-refractivity contribution is 5.91. The van der Waals surface area contributed by atoms with Crippen LogP contribution in [0.15, 0.2) is 17.3 Å². The van der Waals surface area contributed by atoms with Crippen molar-refractivity contribution in [1.29, 1.82) is 0 Å². The Hall–Kier alpha value is -1.85. The lowest BCUT2D eigenvalue weighted by atomic mass is 10.1. The number of nitrogens with one attached hydrogen (secondary N) is 1. The number of oxime groups is 1. The van der Waals surface area contributed by atoms with Gasteiger partial charge in [0.25, 0.3) is 0 Å². The summed E-state index contributed by atoms with van der Waals surface area (Å²) in [5.74, 6) is -0.482. The summed E-state index contributed by atoms with van der Waals surface area (Å²) in [6.07, 6.45) is 3.99. The quantitative estimate of drug-likeness (QED) is 0.244. The van der Waals surface area contributed by atoms with E-state index in [0.29, 0.717) is 12.3 Å². The second-order valence-electron chi connectivity index (χ2n) is 4.03. The number of amides is 1. The van der Waals surface area contributed by atoms with Crippen molar-refractivity contribution in [2.45, 2.75) is 33.4 Å². The van der Waals surface area contributed by atoms with Crippen LogP contribution in [0.3, 0.4) is 0 Å². The Morgan fingerprint density at radius 1 is 1.39 bits per heavy atom. The van der Waals surface area contributed by atoms with Crippen LogP contribution in [-0.4, -0.2) is 31.4 Å². The number of allylic oxidation sites excluding steroid dienone is 1. The summed E-state index contributed by atoms with van der Waals surface area (Å²) >= 11 is 0. The summed E-state index contributed by atoms with van der Waals surface area (Å²) in [6, 6.07) is 0. The number of rotatable bonds is 7. The average Bonchev–Trinajstić information content (AvgIpc) is 2.22. The molecular weight excluding hydrogens is 236 g/mol. The summed E-state index contributed by atoms with van der Waals surface area (Å²) in [4.78, 5) is 26.8. The van der Waals surface area contributed by atoms with Crippen LogP contribution >= 0.6 is 0 Å². The second-order valence-corrected chi connectivity index (χ2v) is 4.03. The molecule has 6 nitrogen and oxygen atoms in total. The molecule has 0 saturated carbocycles. The Morgan fingerprint density at radius 2 is 2.06 bits per heavy atom. The number of nitrogens with zero attached hydrogens (tertiary/aromatic N) is 1. The lowest BCUT2D eigenvalue weighted by Crippen LogP contribution is -2.38. The molecule has 0 unspecified atom stereocenters. The molecule has 0 aromatic carbocycles. The predicted octanol–water partition coefficient (Wildman–Crippen LogP) is 1.23. The molecule has 102 valence electrons. The van der Waals surface area contributed by atoms with Gasteiger partial charge in [0.1, 0.15) is 7.11 Å². The molecule has 0 radical (unpaired) electrons. The van der Waals surface area contributed by atoms with Gasteiger partial charge < -0.3 is 14.9 Å². The number of ether oxygens (including phenoxy) is 1. The normalized spacial score (nSPS) is 12.9. The number of hydrogen-bond donors (Lipinski definition) is 1. The Kier molecular flexibility index (Phi) is 8.26. The Bertz CT molecular complexity index is 324. The number of esters is 1. The van der Waals surface area contributed by atoms with Crippen LogP contribution in [-0.2, 0) is 19.2 Å². The fourth-order valence-electron chi connectivity index (χ4n) is 1.20. The van der Waals surface area contributed by atoms with Crippen molar-refractivity contribution in [1.82, 2.24) is 5.32 Å². The number of carbonyl (C=O) groups is 2. The third-order valence-electron chi connectivity index (χ3n) is 1.80. The minimum atomic E-state index is -0.612. The fourth-order valence-corrected chi connectivity index (χ4v) is 1.20. The van der Waals surface area contributed by atoms with Gasteiger partial charge in [0, 0.05) is 19.4 Å². The molecule has 0 spiro atoms. The Balaban J connectivity index is 4.29. The van der Waals surface area contributed by atoms with Crippen molar-refractivity contribution in [3.8, 4) is 0 Å². The van der Waals surface area contributed by atoms with Crippen LogP contribution in [0.2, 0.25) is 0 Å². The van der Waals surface area contributed by atoms with Gasteiger partial charge in [-0.3, -0.25) is 9.59 Å². The molecule has 18 heavy (non-hydrogen) atoms. The van der Waals surface area contributed by atoms with E-state index in [1.165, 1.54) is 32.4 Å². The van der Waals surface area contributed by atoms with E-state index in [4.69, 9.17) is 4.74 Å². The van der Waals surface area contributed by atoms with E-state index in [0.717, 1.165) is 0 Å². The maximum absolute atomic E-state index is 11.5. The maximum atomic E-state index is 11.5. The van der Waals surface area contributed by atoms with Crippen molar-refractivity contribution in [3.05, 3.63) is 12.2 Å². The highest BCUT2D eigenvalue weighted by atomic mass is 16.6. The average molecular weight is 256 g/mol. The molecule has 0 bridgehead atoms. The zero-order valence-corrected chi connectivity index (χ0v) is 11.2. The van der Waals surface area contributed by atoms with Gasteiger partial charge in [0.05, 0.1) is 6.21 Å². The molecule has 0 saturated heterocycles. The first-order chi connectivity index (χ1) is 8.45. The largest absolute Gasteiger partial charge is 0.442 e. The number of carbonyl (C=O) groups excluding carboxylic acids is 2. The van der Waals surface area contributed by atoms with Crippen LogP contribution in [0.1, 0.15) is 27.2 Å². The van der Waals surface area contributed by atoms with Crippen LogP contribution < -0.4 is 5.32 Å². The monoisotopic (exact) mass is 256 g/mol. The van der Waals surface area contributed by atoms with Gasteiger partial charge in [0.15, 0.2) is 6.23 Å². The van der Waals surface area contributed by atoms with Crippen molar-refractivity contribution in [3.63, 3.8) is 0 Å². The number of hydrogen-bond acceptors (Lipinski definition) is 5. The van der Waals surface area contributed by atoms with Crippen molar-refractivity contribution < 1.29 is 19.2 Å². The first kappa shape index (κ1) is 16.1. The Labute approximate surface area is 107 Å². The van der Waals surface area contributed by atoms with Gasteiger partial charge in [0.2, 0.25) is 5.91 Å². The molecule has 1 atom stereocenters. The molecule has 0 aliphatic heterocycles. The van der Waals surface area contributed by atoms with E-state index in [9.17, 15) is 9.59 Å². The topological polar surface area (TPSA) is 77.0 Å². The zero-order chi connectivity index (χ0) is 14.0. The molecule has 0 heterocycles. The summed E-state index contributed by atoms with van der Waals surface area (Å²) in [5, 5.41) is 6.03. The zero-order valence-electron chi connectivity index (χ0n) is 11.2. The van der Waals surface area contributed by atoms with Gasteiger partial charge in [-0.15, -0.1) is 0 Å². The van der Waals surface area contributed by atoms with Crippen LogP contribution in [0.4, 0.5) is 0 Å². The lowest BCUT2D eigenvalue weighted by Gasteiger charge is -2.19. The standard InChI is InChI=1S/C12H20N2O4/c1-9(2)8-12(18-10(3)15)14-11(16)6-5-7-13-17-4/h5-7,9,12H,8H2,1-4H3,(H,14,16)/b6-5-,13-7+/t12-/m0/s1. The predicted molar refractivity (Wildman–Crippen MR) is 67.8 cm³/mol. The van der Waals surface area contributed by atoms with E-state index in [1.54, 1.807) is 0 Å². The van der Waals surface area contributed by atoms with Crippen molar-refractivity contribution in [2.24, 2.45) is 11.1 Å². The maximum Gasteiger partial charge on any atom is 0.304 e. The smallest absolute Gasteiger partial charge is 0.304 e. The summed E-state index contributed by atoms with van der Waals surface area (Å²) in [7, 11) is 1.41. The third-order valence-corrected chi connectivity index (χ3v) is 1.80. The van der Waals surface area contributed by atoms with E-state index >= 15 is 0 Å². The molecule has 0 fully saturated rings. The first-order valence-corrected chi connectivity index (χ1v) is 5.66. The molecule has 0 aromatic rings. The van der Waals surface area contributed by atoms with Crippen LogP contribution in [0, 0.1) is 5.92 Å². The molecule has 0 aliphatic rings. The lowest BCUT2D eigenvalue weighted by molar-refractivity contribution is -0.149. The van der Waals surface area contributed by atoms with Crippen molar-refractivity contribution in [2.75, 3.05) is 7.11 Å². The molecule has 0 rings (SSSR count). The third kappa shape index (κ3) is 9.38. The Morgan fingerprint density at radius 3 is 2.56 bits per heavy atom. The minimum Gasteiger partial charge on any atom is -0.442 e. The van der Waals surface area contributed by atoms with Gasteiger partial charge in [-0.2, -0.15) is 0 Å². The van der Waals surface area contributed by atoms with Crippen molar-refractivity contribution >= 4 is 18.1 Å². The van der Waals surface area contributed by atoms with E-state index < -0.39 is 12.2 Å². The summed E-state index contributed by atoms with van der Waals surface area (Å²) < 4.78 is 5.00. The molecule has 0 aliphatic carbocycles. The SMILES string of the molecule is CO/N=C/C=C\C(=O)N[C@H](CC(C)C)OC(C)=O. The molecule has 0 aromatic heterocycles. The van der Waals surface area contributed by atoms with Gasteiger partial charge in [-0.05, 0) is 12.0 Å². The summed E-state index contributed by atoms with van der Waals surface area (Å²) in [6.45, 7) is 5.26. The minimum absolute atomic E-state index is 0.300. The summed E-state index contributed by atoms with van der Waals surface area (Å²) in [5.41, 5.74) is 0. The van der Waals surface area contributed by atoms with E-state index in [-0.39, 0.29) is 5.91 Å². The first-order valence-electron chi connectivity index (χ1n) is 5.66. The molecule has 6 heteroatoms. The molecule has 1 amide bonds. The second kappa shape index (κ2) is 9.21. The highest BCUT2D eigenvalue weighted by Crippen LogP contribution is 2.06. The van der Waals surface area contributed by atoms with E-state index in [1.807, 2.05) is 13.8 Å².